The minimum atomic E-state index is -0.487. The predicted octanol–water partition coefficient (Wildman–Crippen LogP) is 3.22. The molecular weight excluding hydrogens is 428 g/mol. The summed E-state index contributed by atoms with van der Waals surface area (Å²) in [6.07, 6.45) is 5.91. The molecule has 4 fully saturated rings. The van der Waals surface area contributed by atoms with Gasteiger partial charge in [-0.3, -0.25) is 0 Å². The van der Waals surface area contributed by atoms with E-state index in [1.165, 1.54) is 32.1 Å². The van der Waals surface area contributed by atoms with Gasteiger partial charge >= 0.3 is 5.97 Å². The average Bonchev–Trinajstić information content (AvgIpc) is 3.75. The van der Waals surface area contributed by atoms with Crippen molar-refractivity contribution in [3.8, 4) is 0 Å². The fourth-order valence-corrected chi connectivity index (χ4v) is 4.59. The molecule has 0 amide bonds. The molecule has 0 aromatic heterocycles. The van der Waals surface area contributed by atoms with Gasteiger partial charge < -0.3 is 33.2 Å². The van der Waals surface area contributed by atoms with Gasteiger partial charge in [0.05, 0.1) is 12.2 Å². The number of fused-ring (bicyclic) bond motifs is 2. The standard InChI is InChI=1S/C25H34O8/c1-2-3-4-5-6-10-13-27-24-21-20(32-21)18(30-24)15-29-25-22-19(33-22)17(31-25)14-28-23(26)16-11-8-7-9-12-16/h7-9,11-12,17-22,24-25H,2-6,10,13-15H2,1H3/t17-,18-,19+,20+,21+,22+,24+,25-/m1/s1. The maximum atomic E-state index is 12.1. The zero-order valence-electron chi connectivity index (χ0n) is 19.1. The molecule has 0 spiro atoms. The Kier molecular flexibility index (Phi) is 7.59. The van der Waals surface area contributed by atoms with Crippen LogP contribution in [0.4, 0.5) is 0 Å². The third-order valence-electron chi connectivity index (χ3n) is 6.60. The van der Waals surface area contributed by atoms with Crippen LogP contribution >= 0.6 is 0 Å². The minimum absolute atomic E-state index is 0.0123. The van der Waals surface area contributed by atoms with E-state index in [0.717, 1.165) is 6.42 Å². The zero-order chi connectivity index (χ0) is 22.6. The highest BCUT2D eigenvalue weighted by Gasteiger charge is 2.61. The van der Waals surface area contributed by atoms with Crippen molar-refractivity contribution in [1.29, 1.82) is 0 Å². The highest BCUT2D eigenvalue weighted by Crippen LogP contribution is 2.42. The Morgan fingerprint density at radius 2 is 1.39 bits per heavy atom. The maximum Gasteiger partial charge on any atom is 0.338 e. The molecule has 182 valence electrons. The van der Waals surface area contributed by atoms with Crippen LogP contribution in [0.3, 0.4) is 0 Å². The summed E-state index contributed by atoms with van der Waals surface area (Å²) in [6.45, 7) is 3.41. The fraction of sp³-hybridized carbons (Fsp3) is 0.720. The molecule has 8 atom stereocenters. The van der Waals surface area contributed by atoms with Crippen molar-refractivity contribution in [2.45, 2.75) is 94.7 Å². The van der Waals surface area contributed by atoms with Crippen LogP contribution < -0.4 is 0 Å². The van der Waals surface area contributed by atoms with Gasteiger partial charge in [-0.25, -0.2) is 4.79 Å². The first-order valence-corrected chi connectivity index (χ1v) is 12.3. The highest BCUT2D eigenvalue weighted by molar-refractivity contribution is 5.89. The fourth-order valence-electron chi connectivity index (χ4n) is 4.59. The lowest BCUT2D eigenvalue weighted by Gasteiger charge is -2.21. The maximum absolute atomic E-state index is 12.1. The number of benzene rings is 1. The summed E-state index contributed by atoms with van der Waals surface area (Å²) >= 11 is 0. The van der Waals surface area contributed by atoms with Gasteiger partial charge in [-0.05, 0) is 18.6 Å². The normalized spacial score (nSPS) is 35.8. The molecule has 4 saturated heterocycles. The van der Waals surface area contributed by atoms with Crippen molar-refractivity contribution in [1.82, 2.24) is 0 Å². The first-order valence-electron chi connectivity index (χ1n) is 12.3. The monoisotopic (exact) mass is 462 g/mol. The molecule has 0 bridgehead atoms. The van der Waals surface area contributed by atoms with Crippen LogP contribution in [0.5, 0.6) is 0 Å². The van der Waals surface area contributed by atoms with Crippen molar-refractivity contribution in [2.75, 3.05) is 19.8 Å². The molecule has 33 heavy (non-hydrogen) atoms. The molecule has 4 aliphatic heterocycles. The average molecular weight is 463 g/mol. The number of carbonyl (C=O) groups is 1. The molecule has 1 aromatic rings. The van der Waals surface area contributed by atoms with E-state index in [0.29, 0.717) is 18.8 Å². The summed E-state index contributed by atoms with van der Waals surface area (Å²) < 4.78 is 40.5. The number of hydrogen-bond donors (Lipinski definition) is 0. The number of epoxide rings is 2. The van der Waals surface area contributed by atoms with E-state index in [-0.39, 0.29) is 55.5 Å². The van der Waals surface area contributed by atoms with Gasteiger partial charge in [0.15, 0.2) is 12.6 Å². The lowest BCUT2D eigenvalue weighted by Crippen LogP contribution is -2.32. The summed E-state index contributed by atoms with van der Waals surface area (Å²) in [6, 6.07) is 8.90. The largest absolute Gasteiger partial charge is 0.459 e. The third kappa shape index (κ3) is 5.75. The molecule has 4 aliphatic rings. The molecule has 5 rings (SSSR count). The van der Waals surface area contributed by atoms with Gasteiger partial charge in [0, 0.05) is 6.61 Å². The zero-order valence-corrected chi connectivity index (χ0v) is 19.1. The molecular formula is C25H34O8. The second kappa shape index (κ2) is 10.8. The topological polar surface area (TPSA) is 88.3 Å². The van der Waals surface area contributed by atoms with Crippen molar-refractivity contribution < 1.29 is 38.0 Å². The Hall–Kier alpha value is -1.55. The van der Waals surface area contributed by atoms with E-state index >= 15 is 0 Å². The predicted molar refractivity (Wildman–Crippen MR) is 117 cm³/mol. The van der Waals surface area contributed by atoms with E-state index < -0.39 is 6.29 Å². The minimum Gasteiger partial charge on any atom is -0.459 e. The first-order chi connectivity index (χ1) is 16.2. The van der Waals surface area contributed by atoms with Crippen LogP contribution in [-0.2, 0) is 33.2 Å². The van der Waals surface area contributed by atoms with E-state index in [2.05, 4.69) is 6.92 Å². The highest BCUT2D eigenvalue weighted by atomic mass is 16.8. The SMILES string of the molecule is CCCCCCCCO[C@H]1O[C@H](CO[C@@H]2O[C@H](COC(=O)c3ccccc3)[C@@H]3O[C@H]23)[C@@H]2O[C@H]12. The van der Waals surface area contributed by atoms with Gasteiger partial charge in [-0.15, -0.1) is 0 Å². The second-order valence-electron chi connectivity index (χ2n) is 9.15. The van der Waals surface area contributed by atoms with Crippen LogP contribution in [0.1, 0.15) is 55.8 Å². The van der Waals surface area contributed by atoms with Crippen molar-refractivity contribution >= 4 is 5.97 Å². The molecule has 4 heterocycles. The lowest BCUT2D eigenvalue weighted by molar-refractivity contribution is -0.219. The van der Waals surface area contributed by atoms with Gasteiger partial charge in [-0.2, -0.15) is 0 Å². The molecule has 8 heteroatoms. The van der Waals surface area contributed by atoms with Crippen molar-refractivity contribution in [3.63, 3.8) is 0 Å². The molecule has 0 radical (unpaired) electrons. The Morgan fingerprint density at radius 1 is 0.758 bits per heavy atom. The lowest BCUT2D eigenvalue weighted by atomic mass is 10.1. The number of rotatable bonds is 14. The van der Waals surface area contributed by atoms with Crippen LogP contribution in [0.15, 0.2) is 30.3 Å². The molecule has 0 N–H and O–H groups in total. The molecule has 1 aromatic carbocycles. The van der Waals surface area contributed by atoms with E-state index in [1.54, 1.807) is 24.3 Å². The first kappa shape index (κ1) is 23.2. The molecule has 0 aliphatic carbocycles. The second-order valence-corrected chi connectivity index (χ2v) is 9.15. The van der Waals surface area contributed by atoms with Gasteiger partial charge in [-0.1, -0.05) is 57.2 Å². The Bertz CT molecular complexity index is 773. The Labute approximate surface area is 194 Å². The van der Waals surface area contributed by atoms with E-state index in [9.17, 15) is 4.79 Å². The summed E-state index contributed by atoms with van der Waals surface area (Å²) in [7, 11) is 0. The third-order valence-corrected chi connectivity index (χ3v) is 6.60. The number of carbonyl (C=O) groups excluding carboxylic acids is 1. The Balaban J connectivity index is 0.973. The summed E-state index contributed by atoms with van der Waals surface area (Å²) in [4.78, 5) is 12.1. The number of unbranched alkanes of at least 4 members (excludes halogenated alkanes) is 5. The van der Waals surface area contributed by atoms with Crippen LogP contribution in [0.25, 0.3) is 0 Å². The van der Waals surface area contributed by atoms with Crippen molar-refractivity contribution in [3.05, 3.63) is 35.9 Å². The summed E-state index contributed by atoms with van der Waals surface area (Å²) in [5.41, 5.74) is 0.516. The van der Waals surface area contributed by atoms with Gasteiger partial charge in [0.2, 0.25) is 0 Å². The smallest absolute Gasteiger partial charge is 0.338 e. The van der Waals surface area contributed by atoms with Crippen LogP contribution in [0, 0.1) is 0 Å². The van der Waals surface area contributed by atoms with Gasteiger partial charge in [0.1, 0.15) is 43.2 Å². The number of hydrogen-bond acceptors (Lipinski definition) is 8. The Morgan fingerprint density at radius 3 is 2.12 bits per heavy atom. The van der Waals surface area contributed by atoms with E-state index in [4.69, 9.17) is 33.2 Å². The summed E-state index contributed by atoms with van der Waals surface area (Å²) in [5.74, 6) is -0.371. The van der Waals surface area contributed by atoms with E-state index in [1.807, 2.05) is 6.07 Å². The van der Waals surface area contributed by atoms with Crippen LogP contribution in [-0.4, -0.2) is 75.0 Å². The molecule has 8 nitrogen and oxygen atoms in total. The van der Waals surface area contributed by atoms with Crippen LogP contribution in [0.2, 0.25) is 0 Å². The summed E-state index contributed by atoms with van der Waals surface area (Å²) in [5, 5.41) is 0. The molecule has 0 saturated carbocycles. The van der Waals surface area contributed by atoms with Gasteiger partial charge in [0.25, 0.3) is 0 Å². The number of ether oxygens (including phenoxy) is 7. The quantitative estimate of drug-likeness (QED) is 0.237. The van der Waals surface area contributed by atoms with Crippen molar-refractivity contribution in [2.24, 2.45) is 0 Å². The molecule has 0 unspecified atom stereocenters. The number of esters is 1.